The third-order valence-corrected chi connectivity index (χ3v) is 4.57. The van der Waals surface area contributed by atoms with E-state index in [1.807, 2.05) is 0 Å². The van der Waals surface area contributed by atoms with Crippen LogP contribution in [-0.2, 0) is 0 Å². The standard InChI is InChI=1S/C20H25BrF2N2O/c1-2-3-4-5-6-7-8-9-12-26-17-11-10-16(18(22)19(17)23)20-24-13-15(21)14-25-20/h10-11,13-14H,2-9,12H2,1H3. The van der Waals surface area contributed by atoms with Crippen molar-refractivity contribution in [2.75, 3.05) is 6.61 Å². The summed E-state index contributed by atoms with van der Waals surface area (Å²) >= 11 is 3.21. The van der Waals surface area contributed by atoms with Gasteiger partial charge in [0.05, 0.1) is 16.6 Å². The second kappa shape index (κ2) is 11.2. The zero-order valence-corrected chi connectivity index (χ0v) is 16.7. The molecular formula is C20H25BrF2N2O. The number of hydrogen-bond donors (Lipinski definition) is 0. The second-order valence-corrected chi connectivity index (χ2v) is 7.20. The lowest BCUT2D eigenvalue weighted by atomic mass is 10.1. The number of nitrogens with zero attached hydrogens (tertiary/aromatic N) is 2. The topological polar surface area (TPSA) is 35.0 Å². The molecule has 6 heteroatoms. The minimum Gasteiger partial charge on any atom is -0.490 e. The van der Waals surface area contributed by atoms with Crippen LogP contribution in [0.2, 0.25) is 0 Å². The van der Waals surface area contributed by atoms with E-state index in [-0.39, 0.29) is 17.1 Å². The van der Waals surface area contributed by atoms with Crippen molar-refractivity contribution >= 4 is 15.9 Å². The fourth-order valence-electron chi connectivity index (χ4n) is 2.69. The first-order valence-electron chi connectivity index (χ1n) is 9.22. The normalized spacial score (nSPS) is 10.9. The fraction of sp³-hybridized carbons (Fsp3) is 0.500. The van der Waals surface area contributed by atoms with E-state index in [4.69, 9.17) is 4.74 Å². The van der Waals surface area contributed by atoms with Crippen LogP contribution in [0.25, 0.3) is 11.4 Å². The molecule has 3 nitrogen and oxygen atoms in total. The SMILES string of the molecule is CCCCCCCCCCOc1ccc(-c2ncc(Br)cn2)c(F)c1F. The molecule has 0 amide bonds. The lowest BCUT2D eigenvalue weighted by Gasteiger charge is -2.10. The summed E-state index contributed by atoms with van der Waals surface area (Å²) in [6.45, 7) is 2.59. The molecule has 142 valence electrons. The van der Waals surface area contributed by atoms with Crippen LogP contribution in [0.5, 0.6) is 5.75 Å². The first-order chi connectivity index (χ1) is 12.6. The van der Waals surface area contributed by atoms with Gasteiger partial charge in [0.15, 0.2) is 17.4 Å². The summed E-state index contributed by atoms with van der Waals surface area (Å²) in [6, 6.07) is 2.88. The van der Waals surface area contributed by atoms with Gasteiger partial charge in [-0.1, -0.05) is 51.9 Å². The van der Waals surface area contributed by atoms with Crippen molar-refractivity contribution in [3.05, 3.63) is 40.6 Å². The highest BCUT2D eigenvalue weighted by atomic mass is 79.9. The van der Waals surface area contributed by atoms with Crippen LogP contribution in [0.1, 0.15) is 58.3 Å². The fourth-order valence-corrected chi connectivity index (χ4v) is 2.89. The quantitative estimate of drug-likeness (QED) is 0.374. The van der Waals surface area contributed by atoms with E-state index in [0.717, 1.165) is 19.3 Å². The Labute approximate surface area is 162 Å². The van der Waals surface area contributed by atoms with Crippen LogP contribution in [0.15, 0.2) is 29.0 Å². The Kier molecular flexibility index (Phi) is 8.95. The summed E-state index contributed by atoms with van der Waals surface area (Å²) in [6.07, 6.45) is 12.4. The Bertz CT molecular complexity index is 680. The van der Waals surface area contributed by atoms with Gasteiger partial charge in [0.2, 0.25) is 5.82 Å². The van der Waals surface area contributed by atoms with E-state index in [1.165, 1.54) is 56.6 Å². The molecule has 0 bridgehead atoms. The predicted molar refractivity (Wildman–Crippen MR) is 103 cm³/mol. The number of ether oxygens (including phenoxy) is 1. The van der Waals surface area contributed by atoms with Gasteiger partial charge < -0.3 is 4.74 Å². The highest BCUT2D eigenvalue weighted by molar-refractivity contribution is 9.10. The third kappa shape index (κ3) is 6.31. The van der Waals surface area contributed by atoms with Gasteiger partial charge in [-0.2, -0.15) is 4.39 Å². The molecule has 0 aliphatic carbocycles. The maximum absolute atomic E-state index is 14.3. The number of rotatable bonds is 11. The molecule has 0 fully saturated rings. The average Bonchev–Trinajstić information content (AvgIpc) is 2.65. The number of benzene rings is 1. The molecule has 1 aromatic heterocycles. The predicted octanol–water partition coefficient (Wildman–Crippen LogP) is 6.70. The molecule has 1 aromatic carbocycles. The van der Waals surface area contributed by atoms with Crippen molar-refractivity contribution in [2.45, 2.75) is 58.3 Å². The molecule has 2 rings (SSSR count). The third-order valence-electron chi connectivity index (χ3n) is 4.16. The lowest BCUT2D eigenvalue weighted by molar-refractivity contribution is 0.285. The molecular weight excluding hydrogens is 402 g/mol. The maximum Gasteiger partial charge on any atom is 0.201 e. The van der Waals surface area contributed by atoms with E-state index in [1.54, 1.807) is 0 Å². The smallest absolute Gasteiger partial charge is 0.201 e. The average molecular weight is 427 g/mol. The van der Waals surface area contributed by atoms with Crippen LogP contribution >= 0.6 is 15.9 Å². The molecule has 0 N–H and O–H groups in total. The van der Waals surface area contributed by atoms with Crippen molar-refractivity contribution in [1.82, 2.24) is 9.97 Å². The first kappa shape index (κ1) is 20.7. The number of unbranched alkanes of at least 4 members (excludes halogenated alkanes) is 7. The molecule has 26 heavy (non-hydrogen) atoms. The molecule has 0 aliphatic rings. The Morgan fingerprint density at radius 2 is 1.50 bits per heavy atom. The van der Waals surface area contributed by atoms with E-state index in [9.17, 15) is 8.78 Å². The molecule has 0 saturated carbocycles. The van der Waals surface area contributed by atoms with Crippen molar-refractivity contribution in [1.29, 1.82) is 0 Å². The minimum atomic E-state index is -0.992. The highest BCUT2D eigenvalue weighted by Gasteiger charge is 2.17. The molecule has 0 atom stereocenters. The van der Waals surface area contributed by atoms with E-state index >= 15 is 0 Å². The van der Waals surface area contributed by atoms with Gasteiger partial charge in [-0.05, 0) is 34.5 Å². The maximum atomic E-state index is 14.3. The summed E-state index contributed by atoms with van der Waals surface area (Å²) in [5, 5.41) is 0. The van der Waals surface area contributed by atoms with Crippen LogP contribution in [-0.4, -0.2) is 16.6 Å². The van der Waals surface area contributed by atoms with Gasteiger partial charge in [-0.25, -0.2) is 14.4 Å². The monoisotopic (exact) mass is 426 g/mol. The summed E-state index contributed by atoms with van der Waals surface area (Å²) in [7, 11) is 0. The minimum absolute atomic E-state index is 0.0226. The lowest BCUT2D eigenvalue weighted by Crippen LogP contribution is -2.02. The van der Waals surface area contributed by atoms with Crippen molar-refractivity contribution in [3.8, 4) is 17.1 Å². The van der Waals surface area contributed by atoms with Crippen LogP contribution < -0.4 is 4.74 Å². The van der Waals surface area contributed by atoms with Crippen LogP contribution in [0.4, 0.5) is 8.78 Å². The van der Waals surface area contributed by atoms with Gasteiger partial charge in [-0.3, -0.25) is 0 Å². The van der Waals surface area contributed by atoms with Crippen molar-refractivity contribution < 1.29 is 13.5 Å². The van der Waals surface area contributed by atoms with Crippen LogP contribution in [0, 0.1) is 11.6 Å². The van der Waals surface area contributed by atoms with E-state index in [0.29, 0.717) is 11.1 Å². The van der Waals surface area contributed by atoms with Gasteiger partial charge in [0, 0.05) is 12.4 Å². The van der Waals surface area contributed by atoms with Gasteiger partial charge in [0.25, 0.3) is 0 Å². The summed E-state index contributed by atoms with van der Waals surface area (Å²) in [4.78, 5) is 7.99. The van der Waals surface area contributed by atoms with Gasteiger partial charge in [-0.15, -0.1) is 0 Å². The zero-order chi connectivity index (χ0) is 18.8. The molecule has 0 saturated heterocycles. The first-order valence-corrected chi connectivity index (χ1v) is 10.0. The highest BCUT2D eigenvalue weighted by Crippen LogP contribution is 2.28. The summed E-state index contributed by atoms with van der Waals surface area (Å²) < 4.78 is 34.6. The Hall–Kier alpha value is -1.56. The molecule has 0 aliphatic heterocycles. The Morgan fingerprint density at radius 3 is 2.15 bits per heavy atom. The molecule has 0 radical (unpaired) electrons. The summed E-state index contributed by atoms with van der Waals surface area (Å²) in [5.74, 6) is -1.90. The Balaban J connectivity index is 1.80. The van der Waals surface area contributed by atoms with Gasteiger partial charge in [0.1, 0.15) is 0 Å². The van der Waals surface area contributed by atoms with Gasteiger partial charge >= 0.3 is 0 Å². The van der Waals surface area contributed by atoms with E-state index < -0.39 is 11.6 Å². The van der Waals surface area contributed by atoms with Crippen LogP contribution in [0.3, 0.4) is 0 Å². The van der Waals surface area contributed by atoms with Crippen molar-refractivity contribution in [2.24, 2.45) is 0 Å². The zero-order valence-electron chi connectivity index (χ0n) is 15.1. The number of hydrogen-bond acceptors (Lipinski definition) is 3. The number of halogens is 3. The largest absolute Gasteiger partial charge is 0.490 e. The summed E-state index contributed by atoms with van der Waals surface area (Å²) in [5.41, 5.74) is 0.0226. The number of aromatic nitrogens is 2. The molecule has 0 unspecified atom stereocenters. The molecule has 1 heterocycles. The Morgan fingerprint density at radius 1 is 0.885 bits per heavy atom. The molecule has 2 aromatic rings. The van der Waals surface area contributed by atoms with Crippen molar-refractivity contribution in [3.63, 3.8) is 0 Å². The van der Waals surface area contributed by atoms with E-state index in [2.05, 4.69) is 32.8 Å². The second-order valence-electron chi connectivity index (χ2n) is 6.29. The molecule has 0 spiro atoms.